The second-order valence-corrected chi connectivity index (χ2v) is 5.66. The first-order valence-electron chi connectivity index (χ1n) is 8.49. The zero-order chi connectivity index (χ0) is 21.2. The molecule has 2 aromatic rings. The van der Waals surface area contributed by atoms with Gasteiger partial charge in [-0.15, -0.1) is 0 Å². The van der Waals surface area contributed by atoms with Gasteiger partial charge in [-0.25, -0.2) is 14.6 Å². The lowest BCUT2D eigenvalue weighted by Crippen LogP contribution is -2.29. The van der Waals surface area contributed by atoms with Crippen molar-refractivity contribution < 1.29 is 28.8 Å². The van der Waals surface area contributed by atoms with E-state index in [-0.39, 0.29) is 17.3 Å². The Morgan fingerprint density at radius 2 is 1.86 bits per heavy atom. The van der Waals surface area contributed by atoms with Gasteiger partial charge in [0.15, 0.2) is 5.69 Å². The number of rotatable bonds is 6. The molecule has 1 heterocycles. The number of methoxy groups -OCH3 is 2. The lowest BCUT2D eigenvalue weighted by Gasteiger charge is -2.07. The number of ether oxygens (including phenoxy) is 2. The number of hydrogen-bond acceptors (Lipinski definition) is 7. The van der Waals surface area contributed by atoms with Crippen molar-refractivity contribution in [2.24, 2.45) is 9.98 Å². The molecule has 0 aliphatic rings. The minimum absolute atomic E-state index is 0.128. The van der Waals surface area contributed by atoms with E-state index in [2.05, 4.69) is 34.8 Å². The zero-order valence-electron chi connectivity index (χ0n) is 16.5. The fraction of sp³-hybridized carbons (Fsp3) is 0.263. The number of hydrogen-bond donors (Lipinski definition) is 2. The zero-order valence-corrected chi connectivity index (χ0v) is 16.5. The van der Waals surface area contributed by atoms with Gasteiger partial charge in [-0.05, 0) is 12.5 Å². The Labute approximate surface area is 167 Å². The summed E-state index contributed by atoms with van der Waals surface area (Å²) in [6.45, 7) is 1.81. The highest BCUT2D eigenvalue weighted by atomic mass is 17.2. The molecule has 0 unspecified atom stereocenters. The monoisotopic (exact) mass is 402 g/mol. The van der Waals surface area contributed by atoms with E-state index in [9.17, 15) is 9.59 Å². The van der Waals surface area contributed by atoms with Gasteiger partial charge < -0.3 is 19.3 Å². The Morgan fingerprint density at radius 1 is 1.14 bits per heavy atom. The number of aromatic nitrogens is 1. The van der Waals surface area contributed by atoms with Crippen LogP contribution in [0, 0.1) is 6.92 Å². The predicted molar refractivity (Wildman–Crippen MR) is 105 cm³/mol. The third kappa shape index (κ3) is 5.91. The number of aryl methyl sites for hydroxylation is 1. The van der Waals surface area contributed by atoms with Crippen molar-refractivity contribution in [3.05, 3.63) is 52.8 Å². The van der Waals surface area contributed by atoms with E-state index in [1.165, 1.54) is 21.3 Å². The van der Waals surface area contributed by atoms with Gasteiger partial charge in [-0.2, -0.15) is 9.88 Å². The number of esters is 1. The SMILES string of the molecule is COO/C=N/C(=Nc1c(C(=O)OC)[nH]c(C)c1Cc1ccccc1)NC(=O)OC. The fourth-order valence-corrected chi connectivity index (χ4v) is 2.49. The molecule has 1 aromatic heterocycles. The van der Waals surface area contributed by atoms with Gasteiger partial charge in [-0.1, -0.05) is 30.3 Å². The molecule has 0 saturated carbocycles. The third-order valence-electron chi connectivity index (χ3n) is 3.83. The van der Waals surface area contributed by atoms with Crippen molar-refractivity contribution in [2.45, 2.75) is 13.3 Å². The van der Waals surface area contributed by atoms with E-state index >= 15 is 0 Å². The summed E-state index contributed by atoms with van der Waals surface area (Å²) >= 11 is 0. The van der Waals surface area contributed by atoms with E-state index in [0.29, 0.717) is 6.42 Å². The summed E-state index contributed by atoms with van der Waals surface area (Å²) in [4.78, 5) is 44.1. The average Bonchev–Trinajstić information content (AvgIpc) is 3.03. The van der Waals surface area contributed by atoms with Crippen LogP contribution >= 0.6 is 0 Å². The molecule has 0 atom stereocenters. The maximum atomic E-state index is 12.3. The summed E-state index contributed by atoms with van der Waals surface area (Å²) in [5.74, 6) is -0.784. The van der Waals surface area contributed by atoms with E-state index in [1.54, 1.807) is 0 Å². The van der Waals surface area contributed by atoms with Crippen LogP contribution in [0.4, 0.5) is 10.5 Å². The van der Waals surface area contributed by atoms with Crippen LogP contribution in [0.1, 0.15) is 27.3 Å². The number of H-pyrrole nitrogens is 1. The van der Waals surface area contributed by atoms with Gasteiger partial charge in [0.1, 0.15) is 5.69 Å². The molecule has 29 heavy (non-hydrogen) atoms. The summed E-state index contributed by atoms with van der Waals surface area (Å²) in [7, 11) is 3.75. The third-order valence-corrected chi connectivity index (χ3v) is 3.83. The molecule has 10 heteroatoms. The number of benzene rings is 1. The second kappa shape index (κ2) is 10.6. The number of nitrogens with one attached hydrogen (secondary N) is 2. The Morgan fingerprint density at radius 3 is 2.48 bits per heavy atom. The van der Waals surface area contributed by atoms with Crippen LogP contribution in [0.3, 0.4) is 0 Å². The summed E-state index contributed by atoms with van der Waals surface area (Å²) < 4.78 is 9.42. The lowest BCUT2D eigenvalue weighted by atomic mass is 10.0. The minimum atomic E-state index is -0.796. The standard InChI is InChI=1S/C19H22N4O6/c1-12-14(10-13-8-6-5-7-9-13)15(16(21-12)17(24)26-2)22-18(20-11-29-28-4)23-19(25)27-3/h5-9,11,21H,10H2,1-4H3,(H,22,23,25)/b20-11+. The van der Waals surface area contributed by atoms with E-state index < -0.39 is 12.1 Å². The Balaban J connectivity index is 2.56. The number of carbonyl (C=O) groups is 2. The summed E-state index contributed by atoms with van der Waals surface area (Å²) in [6, 6.07) is 9.65. The summed E-state index contributed by atoms with van der Waals surface area (Å²) in [5.41, 5.74) is 2.88. The molecule has 0 aliphatic heterocycles. The largest absolute Gasteiger partial charge is 0.464 e. The van der Waals surface area contributed by atoms with Crippen LogP contribution in [0.2, 0.25) is 0 Å². The molecule has 0 aliphatic carbocycles. The molecular weight excluding hydrogens is 380 g/mol. The van der Waals surface area contributed by atoms with Crippen LogP contribution in [0.25, 0.3) is 0 Å². The first kappa shape index (κ1) is 21.6. The van der Waals surface area contributed by atoms with E-state index in [4.69, 9.17) is 4.74 Å². The molecule has 0 bridgehead atoms. The molecule has 0 saturated heterocycles. The van der Waals surface area contributed by atoms with Gasteiger partial charge in [0.25, 0.3) is 0 Å². The van der Waals surface area contributed by atoms with Crippen molar-refractivity contribution in [3.8, 4) is 0 Å². The first-order chi connectivity index (χ1) is 14.0. The van der Waals surface area contributed by atoms with Crippen LogP contribution < -0.4 is 5.32 Å². The van der Waals surface area contributed by atoms with Crippen LogP contribution in [0.15, 0.2) is 40.3 Å². The van der Waals surface area contributed by atoms with Crippen LogP contribution in [0.5, 0.6) is 0 Å². The number of nitrogens with zero attached hydrogens (tertiary/aromatic N) is 2. The second-order valence-electron chi connectivity index (χ2n) is 5.66. The maximum Gasteiger partial charge on any atom is 0.413 e. The van der Waals surface area contributed by atoms with Crippen molar-refractivity contribution in [3.63, 3.8) is 0 Å². The van der Waals surface area contributed by atoms with Crippen molar-refractivity contribution in [1.29, 1.82) is 0 Å². The number of alkyl carbamates (subject to hydrolysis) is 1. The number of amides is 1. The predicted octanol–water partition coefficient (Wildman–Crippen LogP) is 2.65. The molecular formula is C19H22N4O6. The van der Waals surface area contributed by atoms with E-state index in [0.717, 1.165) is 23.2 Å². The molecule has 154 valence electrons. The van der Waals surface area contributed by atoms with Crippen LogP contribution in [-0.2, 0) is 25.7 Å². The maximum absolute atomic E-state index is 12.3. The Bertz CT molecular complexity index is 905. The number of aromatic amines is 1. The number of carbonyl (C=O) groups excluding carboxylic acids is 2. The highest BCUT2D eigenvalue weighted by Crippen LogP contribution is 2.30. The highest BCUT2D eigenvalue weighted by Gasteiger charge is 2.22. The fourth-order valence-electron chi connectivity index (χ4n) is 2.49. The number of aliphatic imine (C=N–C) groups is 2. The van der Waals surface area contributed by atoms with Crippen molar-refractivity contribution >= 4 is 30.1 Å². The van der Waals surface area contributed by atoms with E-state index in [1.807, 2.05) is 37.3 Å². The lowest BCUT2D eigenvalue weighted by molar-refractivity contribution is -0.187. The molecule has 0 spiro atoms. The van der Waals surface area contributed by atoms with Crippen molar-refractivity contribution in [1.82, 2.24) is 10.3 Å². The van der Waals surface area contributed by atoms with Crippen molar-refractivity contribution in [2.75, 3.05) is 21.3 Å². The quantitative estimate of drug-likeness (QED) is 0.252. The van der Waals surface area contributed by atoms with Gasteiger partial charge in [-0.3, -0.25) is 5.32 Å². The topological polar surface area (TPSA) is 124 Å². The van der Waals surface area contributed by atoms with Gasteiger partial charge in [0, 0.05) is 17.7 Å². The van der Waals surface area contributed by atoms with Crippen LogP contribution in [-0.4, -0.2) is 50.7 Å². The Kier molecular flexibility index (Phi) is 7.92. The highest BCUT2D eigenvalue weighted by molar-refractivity contribution is 6.01. The molecule has 1 aromatic carbocycles. The molecule has 1 amide bonds. The molecule has 0 radical (unpaired) electrons. The average molecular weight is 402 g/mol. The van der Waals surface area contributed by atoms with Gasteiger partial charge in [0.2, 0.25) is 12.4 Å². The smallest absolute Gasteiger partial charge is 0.413 e. The number of guanidine groups is 1. The first-order valence-corrected chi connectivity index (χ1v) is 8.49. The van der Waals surface area contributed by atoms with Gasteiger partial charge in [0.05, 0.1) is 21.3 Å². The van der Waals surface area contributed by atoms with Gasteiger partial charge >= 0.3 is 12.1 Å². The summed E-state index contributed by atoms with van der Waals surface area (Å²) in [5, 5.41) is 2.35. The normalized spacial score (nSPS) is 11.4. The molecule has 2 N–H and O–H groups in total. The minimum Gasteiger partial charge on any atom is -0.464 e. The summed E-state index contributed by atoms with van der Waals surface area (Å²) in [6.07, 6.45) is 0.626. The Hall–Kier alpha value is -3.66. The molecule has 0 fully saturated rings. The molecule has 10 nitrogen and oxygen atoms in total. The molecule has 2 rings (SSSR count).